The molecule has 1 aromatic carbocycles. The minimum Gasteiger partial charge on any atom is -0.384 e. The molecule has 0 amide bonds. The van der Waals surface area contributed by atoms with Gasteiger partial charge in [-0.1, -0.05) is 12.1 Å². The van der Waals surface area contributed by atoms with E-state index in [4.69, 9.17) is 14.2 Å². The third kappa shape index (κ3) is 4.17. The molecule has 3 rings (SSSR count). The highest BCUT2D eigenvalue weighted by atomic mass is 19.1. The van der Waals surface area contributed by atoms with Crippen molar-refractivity contribution in [2.24, 2.45) is 4.99 Å². The number of aliphatic imine (C=N–C) groups is 1. The average Bonchev–Trinajstić information content (AvgIpc) is 2.62. The lowest BCUT2D eigenvalue weighted by Gasteiger charge is -2.45. The second-order valence-electron chi connectivity index (χ2n) is 6.48. The Bertz CT molecular complexity index is 709. The standard InChI is InChI=1S/C19H23FN2O4/c1-11(23)17-8-15(19-18(26-17)10-24-12(2)25-19)22-9-16(21-3)13-5-4-6-14(20)7-13/h4-7,9,12,15,17-19,22H,3,8,10H2,1-2H3/b16-9-/t12?,15-,17-,18-,19-/m1/s1. The Balaban J connectivity index is 1.80. The molecule has 1 N–H and O–H groups in total. The van der Waals surface area contributed by atoms with Crippen LogP contribution in [0.4, 0.5) is 4.39 Å². The highest BCUT2D eigenvalue weighted by molar-refractivity contribution is 5.80. The first-order valence-electron chi connectivity index (χ1n) is 8.59. The molecule has 2 aliphatic rings. The van der Waals surface area contributed by atoms with E-state index in [1.54, 1.807) is 18.3 Å². The monoisotopic (exact) mass is 362 g/mol. The van der Waals surface area contributed by atoms with Gasteiger partial charge in [0.15, 0.2) is 12.1 Å². The lowest BCUT2D eigenvalue weighted by atomic mass is 9.93. The maximum atomic E-state index is 13.5. The number of ether oxygens (including phenoxy) is 3. The number of hydrogen-bond acceptors (Lipinski definition) is 6. The van der Waals surface area contributed by atoms with Gasteiger partial charge >= 0.3 is 0 Å². The number of carbonyl (C=O) groups is 1. The van der Waals surface area contributed by atoms with Crippen LogP contribution in [0.15, 0.2) is 35.5 Å². The van der Waals surface area contributed by atoms with E-state index in [0.717, 1.165) is 0 Å². The quantitative estimate of drug-likeness (QED) is 0.814. The van der Waals surface area contributed by atoms with Gasteiger partial charge in [0.05, 0.1) is 18.3 Å². The van der Waals surface area contributed by atoms with E-state index in [1.807, 2.05) is 6.92 Å². The topological polar surface area (TPSA) is 69.2 Å². The number of Topliss-reactive ketones (excluding diaryl/α,β-unsaturated/α-hetero) is 1. The normalized spacial score (nSPS) is 31.8. The third-order valence-electron chi connectivity index (χ3n) is 4.59. The Hall–Kier alpha value is -2.09. The molecule has 5 atom stereocenters. The molecule has 7 heteroatoms. The molecule has 26 heavy (non-hydrogen) atoms. The zero-order valence-corrected chi connectivity index (χ0v) is 14.9. The second kappa shape index (κ2) is 8.07. The van der Waals surface area contributed by atoms with Gasteiger partial charge in [-0.15, -0.1) is 0 Å². The highest BCUT2D eigenvalue weighted by Crippen LogP contribution is 2.28. The van der Waals surface area contributed by atoms with Crippen molar-refractivity contribution in [3.05, 3.63) is 41.8 Å². The predicted octanol–water partition coefficient (Wildman–Crippen LogP) is 2.29. The van der Waals surface area contributed by atoms with E-state index >= 15 is 0 Å². The molecule has 1 aromatic rings. The minimum atomic E-state index is -0.517. The third-order valence-corrected chi connectivity index (χ3v) is 4.59. The highest BCUT2D eigenvalue weighted by Gasteiger charge is 2.44. The molecule has 2 fully saturated rings. The molecule has 0 saturated carbocycles. The number of nitrogens with zero attached hydrogens (tertiary/aromatic N) is 1. The Labute approximate surface area is 152 Å². The summed E-state index contributed by atoms with van der Waals surface area (Å²) in [5, 5.41) is 3.26. The van der Waals surface area contributed by atoms with Gasteiger partial charge in [-0.2, -0.15) is 0 Å². The number of nitrogens with one attached hydrogen (secondary N) is 1. The van der Waals surface area contributed by atoms with E-state index < -0.39 is 6.10 Å². The lowest BCUT2D eigenvalue weighted by Crippen LogP contribution is -2.60. The SMILES string of the molecule is C=N/C(=C\N[C@@H]1C[C@H](C(C)=O)O[C@@H]2COC(C)O[C@H]12)c1cccc(F)c1. The van der Waals surface area contributed by atoms with E-state index in [9.17, 15) is 9.18 Å². The zero-order valence-electron chi connectivity index (χ0n) is 14.9. The molecule has 0 radical (unpaired) electrons. The predicted molar refractivity (Wildman–Crippen MR) is 95.1 cm³/mol. The van der Waals surface area contributed by atoms with Crippen molar-refractivity contribution in [2.75, 3.05) is 6.61 Å². The van der Waals surface area contributed by atoms with Crippen molar-refractivity contribution in [1.82, 2.24) is 5.32 Å². The van der Waals surface area contributed by atoms with E-state index in [2.05, 4.69) is 17.0 Å². The van der Waals surface area contributed by atoms with Crippen LogP contribution in [0.25, 0.3) is 5.70 Å². The van der Waals surface area contributed by atoms with Gasteiger partial charge in [0.1, 0.15) is 24.1 Å². The van der Waals surface area contributed by atoms with Gasteiger partial charge in [0.2, 0.25) is 0 Å². The van der Waals surface area contributed by atoms with Gasteiger partial charge in [-0.3, -0.25) is 9.79 Å². The zero-order chi connectivity index (χ0) is 18.7. The number of ketones is 1. The van der Waals surface area contributed by atoms with Gasteiger partial charge in [-0.05, 0) is 32.7 Å². The molecule has 0 aliphatic carbocycles. The summed E-state index contributed by atoms with van der Waals surface area (Å²) in [6.07, 6.45) is 0.695. The molecule has 140 valence electrons. The summed E-state index contributed by atoms with van der Waals surface area (Å²) >= 11 is 0. The maximum Gasteiger partial charge on any atom is 0.158 e. The fourth-order valence-electron chi connectivity index (χ4n) is 3.25. The van der Waals surface area contributed by atoms with Crippen LogP contribution in [0, 0.1) is 5.82 Å². The van der Waals surface area contributed by atoms with E-state index in [1.165, 1.54) is 19.1 Å². The fourth-order valence-corrected chi connectivity index (χ4v) is 3.25. The van der Waals surface area contributed by atoms with Crippen molar-refractivity contribution in [3.8, 4) is 0 Å². The van der Waals surface area contributed by atoms with Gasteiger partial charge in [0.25, 0.3) is 0 Å². The molecule has 2 heterocycles. The summed E-state index contributed by atoms with van der Waals surface area (Å²) in [4.78, 5) is 15.8. The summed E-state index contributed by atoms with van der Waals surface area (Å²) in [6, 6.07) is 5.96. The van der Waals surface area contributed by atoms with Crippen molar-refractivity contribution < 1.29 is 23.4 Å². The van der Waals surface area contributed by atoms with Crippen molar-refractivity contribution in [1.29, 1.82) is 0 Å². The molecule has 6 nitrogen and oxygen atoms in total. The summed E-state index contributed by atoms with van der Waals surface area (Å²) in [5.41, 5.74) is 1.12. The number of carbonyl (C=O) groups excluding carboxylic acids is 1. The first-order valence-corrected chi connectivity index (χ1v) is 8.59. The summed E-state index contributed by atoms with van der Waals surface area (Å²) in [7, 11) is 0. The average molecular weight is 362 g/mol. The largest absolute Gasteiger partial charge is 0.384 e. The molecule has 2 aliphatic heterocycles. The Morgan fingerprint density at radius 2 is 2.23 bits per heavy atom. The summed E-state index contributed by atoms with van der Waals surface area (Å²) < 4.78 is 30.6. The van der Waals surface area contributed by atoms with Crippen molar-refractivity contribution in [3.63, 3.8) is 0 Å². The molecular weight excluding hydrogens is 339 g/mol. The Morgan fingerprint density at radius 1 is 1.42 bits per heavy atom. The Morgan fingerprint density at radius 3 is 2.92 bits per heavy atom. The van der Waals surface area contributed by atoms with Crippen LogP contribution < -0.4 is 5.32 Å². The van der Waals surface area contributed by atoms with E-state index in [-0.39, 0.29) is 36.1 Å². The molecule has 0 spiro atoms. The number of hydrogen-bond donors (Lipinski definition) is 1. The van der Waals surface area contributed by atoms with E-state index in [0.29, 0.717) is 24.3 Å². The Kier molecular flexibility index (Phi) is 5.80. The van der Waals surface area contributed by atoms with Crippen LogP contribution in [0.3, 0.4) is 0 Å². The van der Waals surface area contributed by atoms with Crippen LogP contribution >= 0.6 is 0 Å². The van der Waals surface area contributed by atoms with Gasteiger partial charge < -0.3 is 19.5 Å². The first-order chi connectivity index (χ1) is 12.5. The van der Waals surface area contributed by atoms with Gasteiger partial charge in [-0.25, -0.2) is 4.39 Å². The number of halogens is 1. The van der Waals surface area contributed by atoms with Crippen LogP contribution in [-0.2, 0) is 19.0 Å². The molecule has 2 saturated heterocycles. The second-order valence-corrected chi connectivity index (χ2v) is 6.48. The molecule has 0 aromatic heterocycles. The van der Waals surface area contributed by atoms with Crippen LogP contribution in [0.1, 0.15) is 25.8 Å². The number of fused-ring (bicyclic) bond motifs is 1. The van der Waals surface area contributed by atoms with Crippen LogP contribution in [-0.4, -0.2) is 49.8 Å². The number of benzene rings is 1. The van der Waals surface area contributed by atoms with Gasteiger partial charge in [0, 0.05) is 18.2 Å². The first kappa shape index (κ1) is 18.7. The molecule has 0 bridgehead atoms. The molecular formula is C19H23FN2O4. The minimum absolute atomic E-state index is 0.0370. The maximum absolute atomic E-state index is 13.5. The van der Waals surface area contributed by atoms with Crippen LogP contribution in [0.5, 0.6) is 0 Å². The molecule has 1 unspecified atom stereocenters. The smallest absolute Gasteiger partial charge is 0.158 e. The van der Waals surface area contributed by atoms with Crippen molar-refractivity contribution >= 4 is 18.2 Å². The summed E-state index contributed by atoms with van der Waals surface area (Å²) in [6.45, 7) is 7.26. The summed E-state index contributed by atoms with van der Waals surface area (Å²) in [5.74, 6) is -0.383. The lowest BCUT2D eigenvalue weighted by molar-refractivity contribution is -0.280. The fraction of sp³-hybridized carbons (Fsp3) is 0.474. The van der Waals surface area contributed by atoms with Crippen LogP contribution in [0.2, 0.25) is 0 Å². The van der Waals surface area contributed by atoms with Crippen molar-refractivity contribution in [2.45, 2.75) is 50.9 Å². The number of rotatable bonds is 5.